The lowest BCUT2D eigenvalue weighted by molar-refractivity contribution is -0.167. The highest BCUT2D eigenvalue weighted by atomic mass is 28.3. The van der Waals surface area contributed by atoms with E-state index in [0.717, 1.165) is 29.7 Å². The van der Waals surface area contributed by atoms with E-state index in [1.807, 2.05) is 38.1 Å². The van der Waals surface area contributed by atoms with Gasteiger partial charge in [-0.05, 0) is 51.3 Å². The zero-order valence-electron chi connectivity index (χ0n) is 23.7. The summed E-state index contributed by atoms with van der Waals surface area (Å²) in [5.41, 5.74) is 3.05. The van der Waals surface area contributed by atoms with Crippen LogP contribution in [0.15, 0.2) is 18.2 Å². The van der Waals surface area contributed by atoms with Gasteiger partial charge in [-0.2, -0.15) is 13.2 Å². The summed E-state index contributed by atoms with van der Waals surface area (Å²) in [6.07, 6.45) is -3.49. The Bertz CT molecular complexity index is 1060. The highest BCUT2D eigenvalue weighted by Crippen LogP contribution is 2.33. The number of carbonyl (C=O) groups is 1. The summed E-state index contributed by atoms with van der Waals surface area (Å²) >= 11 is 0. The molecule has 0 saturated carbocycles. The molecule has 1 aromatic carbocycles. The fraction of sp³-hybridized carbons (Fsp3) is 0.621. The molecule has 38 heavy (non-hydrogen) atoms. The molecule has 1 heterocycles. The molecule has 1 aliphatic heterocycles. The van der Waals surface area contributed by atoms with Crippen LogP contribution in [0.3, 0.4) is 0 Å². The van der Waals surface area contributed by atoms with Gasteiger partial charge in [0.15, 0.2) is 5.79 Å². The predicted octanol–water partition coefficient (Wildman–Crippen LogP) is 6.67. The van der Waals surface area contributed by atoms with Crippen LogP contribution in [0.2, 0.25) is 25.7 Å². The van der Waals surface area contributed by atoms with E-state index in [0.29, 0.717) is 18.6 Å². The molecule has 0 aliphatic carbocycles. The minimum atomic E-state index is -4.34. The summed E-state index contributed by atoms with van der Waals surface area (Å²) in [6.45, 7) is 15.3. The van der Waals surface area contributed by atoms with Crippen molar-refractivity contribution in [3.63, 3.8) is 0 Å². The molecule has 0 bridgehead atoms. The van der Waals surface area contributed by atoms with Gasteiger partial charge in [-0.25, -0.2) is 4.79 Å². The van der Waals surface area contributed by atoms with Gasteiger partial charge in [-0.1, -0.05) is 68.3 Å². The van der Waals surface area contributed by atoms with Gasteiger partial charge in [0.1, 0.15) is 12.2 Å². The fourth-order valence-electron chi connectivity index (χ4n) is 4.09. The zero-order chi connectivity index (χ0) is 28.9. The average Bonchev–Trinajstić information content (AvgIpc) is 3.05. The summed E-state index contributed by atoms with van der Waals surface area (Å²) in [5, 5.41) is 10.6. The summed E-state index contributed by atoms with van der Waals surface area (Å²) < 4.78 is 55.6. The SMILES string of the molecule is Cc1cc(C)c(C(=O)OCC[Si](C)(C)C)c(/C=C/C[C@@H]2OC(C)(C)O[C@@H]2C(O)C#CC[C@@H](C)C(F)(F)F)c1. The highest BCUT2D eigenvalue weighted by molar-refractivity contribution is 6.76. The third kappa shape index (κ3) is 9.88. The topological polar surface area (TPSA) is 65.0 Å². The van der Waals surface area contributed by atoms with Crippen LogP contribution in [0.4, 0.5) is 13.2 Å². The number of hydrogen-bond donors (Lipinski definition) is 1. The predicted molar refractivity (Wildman–Crippen MR) is 145 cm³/mol. The molecule has 0 radical (unpaired) electrons. The van der Waals surface area contributed by atoms with E-state index in [9.17, 15) is 23.1 Å². The molecule has 1 aromatic rings. The smallest absolute Gasteiger partial charge is 0.392 e. The largest absolute Gasteiger partial charge is 0.462 e. The lowest BCUT2D eigenvalue weighted by Crippen LogP contribution is -2.34. The number of aliphatic hydroxyl groups excluding tert-OH is 1. The molecule has 4 atom stereocenters. The second kappa shape index (κ2) is 12.8. The van der Waals surface area contributed by atoms with Gasteiger partial charge in [-0.3, -0.25) is 0 Å². The molecule has 1 fully saturated rings. The van der Waals surface area contributed by atoms with E-state index >= 15 is 0 Å². The number of carbonyl (C=O) groups excluding carboxylic acids is 1. The van der Waals surface area contributed by atoms with Crippen LogP contribution in [-0.2, 0) is 14.2 Å². The van der Waals surface area contributed by atoms with Crippen LogP contribution in [0, 0.1) is 31.6 Å². The maximum Gasteiger partial charge on any atom is 0.392 e. The number of alkyl halides is 3. The number of rotatable bonds is 9. The summed E-state index contributed by atoms with van der Waals surface area (Å²) in [5.74, 6) is 1.98. The lowest BCUT2D eigenvalue weighted by Gasteiger charge is -2.18. The van der Waals surface area contributed by atoms with Crippen molar-refractivity contribution in [3.05, 3.63) is 40.5 Å². The summed E-state index contributed by atoms with van der Waals surface area (Å²) in [6, 6.07) is 4.73. The van der Waals surface area contributed by atoms with Crippen LogP contribution in [0.1, 0.15) is 60.7 Å². The van der Waals surface area contributed by atoms with Crippen molar-refractivity contribution >= 4 is 20.1 Å². The van der Waals surface area contributed by atoms with Gasteiger partial charge < -0.3 is 19.3 Å². The molecular weight excluding hydrogens is 513 g/mol. The van der Waals surface area contributed by atoms with Crippen LogP contribution in [0.5, 0.6) is 0 Å². The van der Waals surface area contributed by atoms with Crippen LogP contribution >= 0.6 is 0 Å². The normalized spacial score (nSPS) is 21.2. The van der Waals surface area contributed by atoms with Crippen LogP contribution in [-0.4, -0.2) is 56.0 Å². The van der Waals surface area contributed by atoms with Gasteiger partial charge in [-0.15, -0.1) is 0 Å². The number of halogens is 3. The van der Waals surface area contributed by atoms with Crippen molar-refractivity contribution in [2.24, 2.45) is 5.92 Å². The Morgan fingerprint density at radius 3 is 2.50 bits per heavy atom. The van der Waals surface area contributed by atoms with Crippen molar-refractivity contribution in [1.29, 1.82) is 0 Å². The molecule has 0 amide bonds. The monoisotopic (exact) mass is 554 g/mol. The fourth-order valence-corrected chi connectivity index (χ4v) is 4.80. The Balaban J connectivity index is 2.16. The maximum atomic E-state index is 12.9. The first kappa shape index (κ1) is 32.1. The third-order valence-corrected chi connectivity index (χ3v) is 7.92. The third-order valence-electron chi connectivity index (χ3n) is 6.22. The molecule has 9 heteroatoms. The first-order valence-corrected chi connectivity index (χ1v) is 16.6. The van der Waals surface area contributed by atoms with Crippen LogP contribution in [0.25, 0.3) is 6.08 Å². The van der Waals surface area contributed by atoms with Gasteiger partial charge in [0.05, 0.1) is 24.2 Å². The number of benzene rings is 1. The first-order chi connectivity index (χ1) is 17.4. The van der Waals surface area contributed by atoms with Gasteiger partial charge in [0.2, 0.25) is 0 Å². The molecule has 2 rings (SSSR count). The quantitative estimate of drug-likeness (QED) is 0.210. The molecule has 0 spiro atoms. The summed E-state index contributed by atoms with van der Waals surface area (Å²) in [7, 11) is -1.34. The number of ether oxygens (including phenoxy) is 3. The highest BCUT2D eigenvalue weighted by Gasteiger charge is 2.44. The Morgan fingerprint density at radius 1 is 1.24 bits per heavy atom. The second-order valence-corrected chi connectivity index (χ2v) is 17.3. The van der Waals surface area contributed by atoms with Crippen molar-refractivity contribution in [2.75, 3.05) is 6.61 Å². The zero-order valence-corrected chi connectivity index (χ0v) is 24.7. The van der Waals surface area contributed by atoms with Crippen molar-refractivity contribution in [1.82, 2.24) is 0 Å². The van der Waals surface area contributed by atoms with E-state index in [2.05, 4.69) is 31.5 Å². The van der Waals surface area contributed by atoms with Gasteiger partial charge in [0.25, 0.3) is 0 Å². The molecule has 1 N–H and O–H groups in total. The van der Waals surface area contributed by atoms with Crippen molar-refractivity contribution in [3.8, 4) is 11.8 Å². The second-order valence-electron chi connectivity index (χ2n) is 11.7. The molecule has 1 unspecified atom stereocenters. The van der Waals surface area contributed by atoms with Gasteiger partial charge in [0, 0.05) is 14.5 Å². The lowest BCUT2D eigenvalue weighted by atomic mass is 9.97. The number of esters is 1. The van der Waals surface area contributed by atoms with E-state index in [1.54, 1.807) is 13.8 Å². The Hall–Kier alpha value is -2.12. The van der Waals surface area contributed by atoms with E-state index in [4.69, 9.17) is 14.2 Å². The van der Waals surface area contributed by atoms with Crippen molar-refractivity contribution < 1.29 is 37.3 Å². The molecule has 0 aromatic heterocycles. The standard InChI is InChI=1S/C29H41F3O5Si/c1-19-17-20(2)25(27(34)35-15-16-38(6,7)8)22(18-19)12-10-14-24-26(37-28(4,5)36-24)23(33)13-9-11-21(3)29(30,31)32/h10,12,17-18,21,23-24,26,33H,11,14-16H2,1-8H3/b12-10+/t21-,23?,24+,26-/m1/s1. The Labute approximate surface area is 225 Å². The average molecular weight is 555 g/mol. The number of aryl methyl sites for hydroxylation is 2. The van der Waals surface area contributed by atoms with E-state index in [1.165, 1.54) is 0 Å². The molecule has 1 aliphatic rings. The molecule has 1 saturated heterocycles. The van der Waals surface area contributed by atoms with E-state index in [-0.39, 0.29) is 5.97 Å². The Kier molecular flexibility index (Phi) is 10.8. The minimum absolute atomic E-state index is 0.336. The van der Waals surface area contributed by atoms with Crippen molar-refractivity contribution in [2.45, 2.75) is 103 Å². The Morgan fingerprint density at radius 2 is 1.89 bits per heavy atom. The summed E-state index contributed by atoms with van der Waals surface area (Å²) in [4.78, 5) is 12.9. The van der Waals surface area contributed by atoms with Gasteiger partial charge >= 0.3 is 12.1 Å². The number of hydrogen-bond acceptors (Lipinski definition) is 5. The first-order valence-electron chi connectivity index (χ1n) is 12.9. The molecular formula is C29H41F3O5Si. The van der Waals surface area contributed by atoms with E-state index < -0.39 is 50.7 Å². The van der Waals surface area contributed by atoms with Crippen LogP contribution < -0.4 is 0 Å². The molecule has 5 nitrogen and oxygen atoms in total. The molecule has 212 valence electrons. The number of aliphatic hydroxyl groups is 1. The maximum absolute atomic E-state index is 12.9. The minimum Gasteiger partial charge on any atom is -0.462 e.